The highest BCUT2D eigenvalue weighted by atomic mass is 19.1. The number of nitrogens with zero attached hydrogens (tertiary/aromatic N) is 2. The Bertz CT molecular complexity index is 527. The van der Waals surface area contributed by atoms with Gasteiger partial charge in [0.2, 0.25) is 0 Å². The summed E-state index contributed by atoms with van der Waals surface area (Å²) in [6.45, 7) is 2.30. The van der Waals surface area contributed by atoms with Gasteiger partial charge in [-0.25, -0.2) is 4.39 Å². The average molecular weight is 280 g/mol. The summed E-state index contributed by atoms with van der Waals surface area (Å²) in [5.74, 6) is -1.09. The summed E-state index contributed by atoms with van der Waals surface area (Å²) in [5.41, 5.74) is -0.503. The zero-order chi connectivity index (χ0) is 14.7. The Labute approximate surface area is 116 Å². The topological polar surface area (TPSA) is 63.5 Å². The Balaban J connectivity index is 2.35. The quantitative estimate of drug-likeness (QED) is 0.628. The summed E-state index contributed by atoms with van der Waals surface area (Å²) in [6, 6.07) is 3.11. The van der Waals surface area contributed by atoms with Crippen LogP contribution in [-0.2, 0) is 0 Å². The van der Waals surface area contributed by atoms with Gasteiger partial charge in [-0.15, -0.1) is 0 Å². The molecule has 0 N–H and O–H groups in total. The molecule has 1 aliphatic carbocycles. The van der Waals surface area contributed by atoms with Crippen LogP contribution in [-0.4, -0.2) is 28.3 Å². The van der Waals surface area contributed by atoms with E-state index in [0.29, 0.717) is 6.54 Å². The highest BCUT2D eigenvalue weighted by Gasteiger charge is 2.30. The van der Waals surface area contributed by atoms with E-state index < -0.39 is 16.6 Å². The van der Waals surface area contributed by atoms with Gasteiger partial charge in [-0.1, -0.05) is 12.8 Å². The molecular formula is C14H17FN2O3. The van der Waals surface area contributed by atoms with Crippen LogP contribution < -0.4 is 0 Å². The smallest absolute Gasteiger partial charge is 0.282 e. The van der Waals surface area contributed by atoms with Crippen LogP contribution in [0.2, 0.25) is 0 Å². The van der Waals surface area contributed by atoms with E-state index in [2.05, 4.69) is 0 Å². The first-order valence-electron chi connectivity index (χ1n) is 6.79. The van der Waals surface area contributed by atoms with E-state index in [1.807, 2.05) is 6.92 Å². The fraction of sp³-hybridized carbons (Fsp3) is 0.500. The molecule has 6 heteroatoms. The number of rotatable bonds is 4. The molecule has 0 aromatic heterocycles. The van der Waals surface area contributed by atoms with Crippen molar-refractivity contribution in [3.05, 3.63) is 39.7 Å². The van der Waals surface area contributed by atoms with Gasteiger partial charge in [0, 0.05) is 18.7 Å². The van der Waals surface area contributed by atoms with Crippen LogP contribution in [0.1, 0.15) is 43.0 Å². The number of amides is 1. The number of halogens is 1. The summed E-state index contributed by atoms with van der Waals surface area (Å²) < 4.78 is 13.3. The average Bonchev–Trinajstić information content (AvgIpc) is 2.93. The van der Waals surface area contributed by atoms with Crippen molar-refractivity contribution in [3.8, 4) is 0 Å². The fourth-order valence-corrected chi connectivity index (χ4v) is 2.78. The van der Waals surface area contributed by atoms with Crippen LogP contribution in [0.5, 0.6) is 0 Å². The van der Waals surface area contributed by atoms with Gasteiger partial charge in [-0.3, -0.25) is 14.9 Å². The van der Waals surface area contributed by atoms with Gasteiger partial charge in [0.05, 0.1) is 4.92 Å². The lowest BCUT2D eigenvalue weighted by Crippen LogP contribution is -2.38. The highest BCUT2D eigenvalue weighted by Crippen LogP contribution is 2.27. The molecule has 5 nitrogen and oxygen atoms in total. The van der Waals surface area contributed by atoms with Crippen LogP contribution in [0, 0.1) is 15.9 Å². The molecule has 1 aromatic carbocycles. The van der Waals surface area contributed by atoms with Crippen LogP contribution in [0.25, 0.3) is 0 Å². The number of hydrogen-bond donors (Lipinski definition) is 0. The maximum atomic E-state index is 13.3. The second-order valence-electron chi connectivity index (χ2n) is 4.95. The van der Waals surface area contributed by atoms with Crippen molar-refractivity contribution in [2.24, 2.45) is 0 Å². The van der Waals surface area contributed by atoms with E-state index in [1.54, 1.807) is 4.90 Å². The molecule has 1 fully saturated rings. The maximum Gasteiger partial charge on any atom is 0.282 e. The number of carbonyl (C=O) groups excluding carboxylic acids is 1. The first-order valence-corrected chi connectivity index (χ1v) is 6.79. The predicted octanol–water partition coefficient (Wildman–Crippen LogP) is 3.14. The minimum Gasteiger partial charge on any atom is -0.336 e. The van der Waals surface area contributed by atoms with Crippen LogP contribution >= 0.6 is 0 Å². The lowest BCUT2D eigenvalue weighted by atomic mass is 10.1. The van der Waals surface area contributed by atoms with Gasteiger partial charge in [0.1, 0.15) is 11.4 Å². The Morgan fingerprint density at radius 3 is 2.65 bits per heavy atom. The number of benzene rings is 1. The monoisotopic (exact) mass is 280 g/mol. The van der Waals surface area contributed by atoms with E-state index in [4.69, 9.17) is 0 Å². The van der Waals surface area contributed by atoms with Crippen molar-refractivity contribution in [1.29, 1.82) is 0 Å². The molecule has 108 valence electrons. The van der Waals surface area contributed by atoms with Gasteiger partial charge in [0.15, 0.2) is 0 Å². The number of hydrogen-bond acceptors (Lipinski definition) is 3. The third-order valence-electron chi connectivity index (χ3n) is 3.75. The van der Waals surface area contributed by atoms with Crippen molar-refractivity contribution in [2.75, 3.05) is 6.54 Å². The second kappa shape index (κ2) is 5.98. The molecule has 0 atom stereocenters. The van der Waals surface area contributed by atoms with Crippen molar-refractivity contribution in [1.82, 2.24) is 4.90 Å². The molecule has 1 aliphatic rings. The molecule has 0 spiro atoms. The first kappa shape index (κ1) is 14.4. The van der Waals surface area contributed by atoms with Crippen molar-refractivity contribution in [3.63, 3.8) is 0 Å². The minimum absolute atomic E-state index is 0.107. The summed E-state index contributed by atoms with van der Waals surface area (Å²) >= 11 is 0. The summed E-state index contributed by atoms with van der Waals surface area (Å²) in [6.07, 6.45) is 3.92. The highest BCUT2D eigenvalue weighted by molar-refractivity contribution is 5.98. The van der Waals surface area contributed by atoms with Gasteiger partial charge >= 0.3 is 0 Å². The van der Waals surface area contributed by atoms with E-state index >= 15 is 0 Å². The SMILES string of the molecule is CCN(C(=O)c1cc(F)ccc1[N+](=O)[O-])C1CCCC1. The van der Waals surface area contributed by atoms with Crippen molar-refractivity contribution in [2.45, 2.75) is 38.6 Å². The molecule has 0 aliphatic heterocycles. The Morgan fingerprint density at radius 2 is 2.10 bits per heavy atom. The summed E-state index contributed by atoms with van der Waals surface area (Å²) in [5, 5.41) is 11.0. The molecule has 0 radical (unpaired) electrons. The van der Waals surface area contributed by atoms with Crippen molar-refractivity contribution < 1.29 is 14.1 Å². The molecule has 1 aromatic rings. The largest absolute Gasteiger partial charge is 0.336 e. The molecule has 20 heavy (non-hydrogen) atoms. The molecule has 0 saturated heterocycles. The van der Waals surface area contributed by atoms with Crippen molar-refractivity contribution >= 4 is 11.6 Å². The zero-order valence-corrected chi connectivity index (χ0v) is 11.3. The third kappa shape index (κ3) is 2.79. The van der Waals surface area contributed by atoms with Gasteiger partial charge in [-0.2, -0.15) is 0 Å². The normalized spacial score (nSPS) is 15.3. The molecule has 1 saturated carbocycles. The van der Waals surface area contributed by atoms with E-state index in [0.717, 1.165) is 43.9 Å². The lowest BCUT2D eigenvalue weighted by Gasteiger charge is -2.27. The van der Waals surface area contributed by atoms with Gasteiger partial charge < -0.3 is 4.90 Å². The Kier molecular flexibility index (Phi) is 4.32. The van der Waals surface area contributed by atoms with Crippen LogP contribution in [0.15, 0.2) is 18.2 Å². The third-order valence-corrected chi connectivity index (χ3v) is 3.75. The standard InChI is InChI=1S/C14H17FN2O3/c1-2-16(11-5-3-4-6-11)14(18)12-9-10(15)7-8-13(12)17(19)20/h7-9,11H,2-6H2,1H3. The van der Waals surface area contributed by atoms with E-state index in [-0.39, 0.29) is 17.3 Å². The van der Waals surface area contributed by atoms with Crippen LogP contribution in [0.3, 0.4) is 0 Å². The number of nitro groups is 1. The second-order valence-corrected chi connectivity index (χ2v) is 4.95. The summed E-state index contributed by atoms with van der Waals surface area (Å²) in [7, 11) is 0. The lowest BCUT2D eigenvalue weighted by molar-refractivity contribution is -0.385. The molecule has 2 rings (SSSR count). The Morgan fingerprint density at radius 1 is 1.45 bits per heavy atom. The zero-order valence-electron chi connectivity index (χ0n) is 11.3. The minimum atomic E-state index is -0.644. The van der Waals surface area contributed by atoms with Gasteiger partial charge in [-0.05, 0) is 31.9 Å². The molecule has 0 bridgehead atoms. The molecule has 0 heterocycles. The van der Waals surface area contributed by atoms with E-state index in [1.165, 1.54) is 0 Å². The number of nitro benzene ring substituents is 1. The Hall–Kier alpha value is -1.98. The van der Waals surface area contributed by atoms with Crippen LogP contribution in [0.4, 0.5) is 10.1 Å². The molecular weight excluding hydrogens is 263 g/mol. The molecule has 0 unspecified atom stereocenters. The van der Waals surface area contributed by atoms with Gasteiger partial charge in [0.25, 0.3) is 11.6 Å². The fourth-order valence-electron chi connectivity index (χ4n) is 2.78. The summed E-state index contributed by atoms with van der Waals surface area (Å²) in [4.78, 5) is 24.5. The first-order chi connectivity index (χ1) is 9.54. The molecule has 1 amide bonds. The predicted molar refractivity (Wildman–Crippen MR) is 72.0 cm³/mol. The number of carbonyl (C=O) groups is 1. The van der Waals surface area contributed by atoms with E-state index in [9.17, 15) is 19.3 Å². The maximum absolute atomic E-state index is 13.3.